The third-order valence-corrected chi connectivity index (χ3v) is 3.68. The van der Waals surface area contributed by atoms with Crippen LogP contribution < -0.4 is 10.6 Å². The average Bonchev–Trinajstić information content (AvgIpc) is 2.44. The van der Waals surface area contributed by atoms with Crippen LogP contribution in [0, 0.1) is 5.92 Å². The van der Waals surface area contributed by atoms with Gasteiger partial charge in [0.2, 0.25) is 0 Å². The number of hydrogen-bond donors (Lipinski definition) is 2. The van der Waals surface area contributed by atoms with Crippen molar-refractivity contribution < 1.29 is 0 Å². The lowest BCUT2D eigenvalue weighted by Crippen LogP contribution is -2.20. The van der Waals surface area contributed by atoms with E-state index in [1.807, 2.05) is 0 Å². The monoisotopic (exact) mass is 278 g/mol. The van der Waals surface area contributed by atoms with Crippen LogP contribution in [0.5, 0.6) is 0 Å². The molecular weight excluding hydrogens is 248 g/mol. The number of nitrogens with one attached hydrogen (secondary N) is 2. The molecule has 0 fully saturated rings. The molecule has 0 saturated carbocycles. The zero-order chi connectivity index (χ0) is 15.0. The van der Waals surface area contributed by atoms with Gasteiger partial charge in [-0.1, -0.05) is 34.1 Å². The lowest BCUT2D eigenvalue weighted by Gasteiger charge is -2.20. The van der Waals surface area contributed by atoms with E-state index in [4.69, 9.17) is 0 Å². The molecule has 4 heteroatoms. The summed E-state index contributed by atoms with van der Waals surface area (Å²) < 4.78 is 0. The van der Waals surface area contributed by atoms with E-state index in [0.717, 1.165) is 36.9 Å². The second kappa shape index (κ2) is 8.77. The lowest BCUT2D eigenvalue weighted by atomic mass is 10.0. The van der Waals surface area contributed by atoms with Crippen molar-refractivity contribution in [2.45, 2.75) is 66.3 Å². The van der Waals surface area contributed by atoms with Gasteiger partial charge in [0.05, 0.1) is 0 Å². The molecule has 0 bridgehead atoms. The molecule has 20 heavy (non-hydrogen) atoms. The highest BCUT2D eigenvalue weighted by atomic mass is 15.1. The number of aromatic nitrogens is 2. The van der Waals surface area contributed by atoms with E-state index in [-0.39, 0.29) is 0 Å². The normalized spacial score (nSPS) is 13.8. The zero-order valence-corrected chi connectivity index (χ0v) is 13.7. The molecule has 2 unspecified atom stereocenters. The number of rotatable bonds is 9. The molecule has 0 amide bonds. The van der Waals surface area contributed by atoms with Crippen molar-refractivity contribution in [3.8, 4) is 0 Å². The highest BCUT2D eigenvalue weighted by Gasteiger charge is 2.13. The van der Waals surface area contributed by atoms with Crippen LogP contribution in [0.2, 0.25) is 0 Å². The second-order valence-electron chi connectivity index (χ2n) is 5.62. The summed E-state index contributed by atoms with van der Waals surface area (Å²) in [4.78, 5) is 8.80. The van der Waals surface area contributed by atoms with Gasteiger partial charge >= 0.3 is 0 Å². The molecule has 2 atom stereocenters. The minimum atomic E-state index is 0.434. The van der Waals surface area contributed by atoms with E-state index in [1.54, 1.807) is 6.33 Å². The van der Waals surface area contributed by atoms with Crippen molar-refractivity contribution in [2.75, 3.05) is 17.2 Å². The number of anilines is 2. The molecule has 0 spiro atoms. The Bertz CT molecular complexity index is 392. The Hall–Kier alpha value is -1.32. The van der Waals surface area contributed by atoms with Crippen molar-refractivity contribution in [1.82, 2.24) is 9.97 Å². The van der Waals surface area contributed by atoms with Crippen LogP contribution in [-0.4, -0.2) is 22.6 Å². The van der Waals surface area contributed by atoms with E-state index < -0.39 is 0 Å². The van der Waals surface area contributed by atoms with Crippen LogP contribution in [0.1, 0.15) is 59.4 Å². The summed E-state index contributed by atoms with van der Waals surface area (Å²) in [6.45, 7) is 12.0. The minimum Gasteiger partial charge on any atom is -0.370 e. The van der Waals surface area contributed by atoms with Gasteiger partial charge in [0.15, 0.2) is 0 Å². The maximum absolute atomic E-state index is 4.43. The first-order valence-corrected chi connectivity index (χ1v) is 7.96. The van der Waals surface area contributed by atoms with Gasteiger partial charge in [-0.2, -0.15) is 0 Å². The van der Waals surface area contributed by atoms with Gasteiger partial charge in [-0.05, 0) is 32.1 Å². The topological polar surface area (TPSA) is 49.8 Å². The Morgan fingerprint density at radius 1 is 1.10 bits per heavy atom. The Labute approximate surface area is 123 Å². The van der Waals surface area contributed by atoms with Crippen molar-refractivity contribution in [2.24, 2.45) is 5.92 Å². The van der Waals surface area contributed by atoms with Crippen LogP contribution >= 0.6 is 0 Å². The van der Waals surface area contributed by atoms with Crippen molar-refractivity contribution in [3.05, 3.63) is 11.9 Å². The maximum Gasteiger partial charge on any atom is 0.134 e. The molecule has 4 nitrogen and oxygen atoms in total. The van der Waals surface area contributed by atoms with Gasteiger partial charge < -0.3 is 10.6 Å². The SMILES string of the molecule is CCCNc1ncnc(NC(C)CC(C)CC)c1CC. The summed E-state index contributed by atoms with van der Waals surface area (Å²) in [6, 6.07) is 0.434. The van der Waals surface area contributed by atoms with Gasteiger partial charge in [-0.15, -0.1) is 0 Å². The lowest BCUT2D eigenvalue weighted by molar-refractivity contribution is 0.483. The van der Waals surface area contributed by atoms with E-state index in [1.165, 1.54) is 18.4 Å². The van der Waals surface area contributed by atoms with Crippen LogP contribution in [0.3, 0.4) is 0 Å². The van der Waals surface area contributed by atoms with Gasteiger partial charge in [0.25, 0.3) is 0 Å². The van der Waals surface area contributed by atoms with Crippen molar-refractivity contribution in [3.63, 3.8) is 0 Å². The summed E-state index contributed by atoms with van der Waals surface area (Å²) in [5.74, 6) is 2.70. The molecule has 0 aromatic carbocycles. The highest BCUT2D eigenvalue weighted by molar-refractivity contribution is 5.57. The largest absolute Gasteiger partial charge is 0.370 e. The van der Waals surface area contributed by atoms with Crippen LogP contribution in [0.15, 0.2) is 6.33 Å². The fourth-order valence-electron chi connectivity index (χ4n) is 2.33. The second-order valence-corrected chi connectivity index (χ2v) is 5.62. The third kappa shape index (κ3) is 4.99. The molecule has 0 radical (unpaired) electrons. The Balaban J connectivity index is 2.78. The van der Waals surface area contributed by atoms with Gasteiger partial charge in [0.1, 0.15) is 18.0 Å². The van der Waals surface area contributed by atoms with E-state index >= 15 is 0 Å². The molecule has 2 N–H and O–H groups in total. The van der Waals surface area contributed by atoms with Crippen LogP contribution in [0.25, 0.3) is 0 Å². The molecule has 1 rings (SSSR count). The quantitative estimate of drug-likeness (QED) is 0.714. The molecule has 0 aliphatic carbocycles. The van der Waals surface area contributed by atoms with E-state index in [9.17, 15) is 0 Å². The molecular formula is C16H30N4. The first-order chi connectivity index (χ1) is 9.62. The molecule has 1 aromatic heterocycles. The fourth-order valence-corrected chi connectivity index (χ4v) is 2.33. The Morgan fingerprint density at radius 2 is 1.80 bits per heavy atom. The van der Waals surface area contributed by atoms with Crippen molar-refractivity contribution in [1.29, 1.82) is 0 Å². The summed E-state index contributed by atoms with van der Waals surface area (Å²) >= 11 is 0. The molecule has 114 valence electrons. The van der Waals surface area contributed by atoms with Crippen LogP contribution in [0.4, 0.5) is 11.6 Å². The Morgan fingerprint density at radius 3 is 2.40 bits per heavy atom. The zero-order valence-electron chi connectivity index (χ0n) is 13.7. The molecule has 1 aromatic rings. The number of nitrogens with zero attached hydrogens (tertiary/aromatic N) is 2. The standard InChI is InChI=1S/C16H30N4/c1-6-9-17-15-14(8-3)16(19-11-18-15)20-13(5)10-12(4)7-2/h11-13H,6-10H2,1-5H3,(H2,17,18,19,20). The third-order valence-electron chi connectivity index (χ3n) is 3.68. The van der Waals surface area contributed by atoms with Gasteiger partial charge in [0, 0.05) is 18.2 Å². The Kier molecular flexibility index (Phi) is 7.34. The van der Waals surface area contributed by atoms with Crippen molar-refractivity contribution >= 4 is 11.6 Å². The maximum atomic E-state index is 4.43. The molecule has 0 aliphatic rings. The summed E-state index contributed by atoms with van der Waals surface area (Å²) in [6.07, 6.45) is 6.07. The van der Waals surface area contributed by atoms with E-state index in [0.29, 0.717) is 6.04 Å². The minimum absolute atomic E-state index is 0.434. The first kappa shape index (κ1) is 16.7. The predicted molar refractivity (Wildman–Crippen MR) is 87.3 cm³/mol. The summed E-state index contributed by atoms with van der Waals surface area (Å²) in [5, 5.41) is 6.94. The van der Waals surface area contributed by atoms with Gasteiger partial charge in [-0.3, -0.25) is 0 Å². The first-order valence-electron chi connectivity index (χ1n) is 7.96. The average molecular weight is 278 g/mol. The van der Waals surface area contributed by atoms with Gasteiger partial charge in [-0.25, -0.2) is 9.97 Å². The van der Waals surface area contributed by atoms with Crippen LogP contribution in [-0.2, 0) is 6.42 Å². The smallest absolute Gasteiger partial charge is 0.134 e. The number of hydrogen-bond acceptors (Lipinski definition) is 4. The summed E-state index contributed by atoms with van der Waals surface area (Å²) in [7, 11) is 0. The molecule has 0 aliphatic heterocycles. The summed E-state index contributed by atoms with van der Waals surface area (Å²) in [5.41, 5.74) is 1.19. The fraction of sp³-hybridized carbons (Fsp3) is 0.750. The van der Waals surface area contributed by atoms with E-state index in [2.05, 4.69) is 55.2 Å². The predicted octanol–water partition coefficient (Wildman–Crippen LogP) is 4.10. The highest BCUT2D eigenvalue weighted by Crippen LogP contribution is 2.22. The molecule has 1 heterocycles. The molecule has 0 saturated heterocycles.